The van der Waals surface area contributed by atoms with E-state index in [0.29, 0.717) is 16.6 Å². The minimum atomic E-state index is -3.00. The molecule has 0 saturated carbocycles. The minimum Gasteiger partial charge on any atom is -0.304 e. The number of nitrogens with zero attached hydrogens (tertiary/aromatic N) is 1. The van der Waals surface area contributed by atoms with Crippen molar-refractivity contribution < 1.29 is 28.9 Å². The van der Waals surface area contributed by atoms with Gasteiger partial charge in [0, 0.05) is 31.9 Å². The molecule has 0 saturated heterocycles. The van der Waals surface area contributed by atoms with E-state index in [-0.39, 0.29) is 31.2 Å². The summed E-state index contributed by atoms with van der Waals surface area (Å²) < 4.78 is 29.2. The van der Waals surface area contributed by atoms with Crippen LogP contribution in [0, 0.1) is 6.07 Å². The van der Waals surface area contributed by atoms with Gasteiger partial charge < -0.3 is 4.98 Å². The summed E-state index contributed by atoms with van der Waals surface area (Å²) in [6.07, 6.45) is 1.65. The third-order valence-corrected chi connectivity index (χ3v) is 3.56. The van der Waals surface area contributed by atoms with Crippen molar-refractivity contribution in [1.29, 1.82) is 0 Å². The van der Waals surface area contributed by atoms with E-state index in [1.165, 1.54) is 12.1 Å². The summed E-state index contributed by atoms with van der Waals surface area (Å²) in [6, 6.07) is 14.3. The van der Waals surface area contributed by atoms with Crippen molar-refractivity contribution in [2.24, 2.45) is 0 Å². The Balaban J connectivity index is 0.00000121. The van der Waals surface area contributed by atoms with Gasteiger partial charge in [0.25, 0.3) is 5.92 Å². The standard InChI is InChI=1S/C16H8F2N.Ir/c17-16(18)12-6-2-1-5-11(12)15-14-10(8-9-19-15)4-3-7-13(14)16;/h1-4,6-9H;/q-1;. The fourth-order valence-corrected chi connectivity index (χ4v) is 2.72. The second-order valence-corrected chi connectivity index (χ2v) is 4.60. The number of halogens is 2. The molecule has 1 heterocycles. The predicted molar refractivity (Wildman–Crippen MR) is 69.0 cm³/mol. The number of pyridine rings is 1. The summed E-state index contributed by atoms with van der Waals surface area (Å²) in [5, 5.41) is 1.31. The van der Waals surface area contributed by atoms with E-state index in [1.807, 2.05) is 6.07 Å². The van der Waals surface area contributed by atoms with Crippen LogP contribution in [0.5, 0.6) is 0 Å². The molecule has 0 aliphatic heterocycles. The van der Waals surface area contributed by atoms with Gasteiger partial charge in [0.1, 0.15) is 0 Å². The molecule has 4 heteroatoms. The van der Waals surface area contributed by atoms with E-state index in [9.17, 15) is 8.78 Å². The van der Waals surface area contributed by atoms with E-state index in [4.69, 9.17) is 0 Å². The second-order valence-electron chi connectivity index (χ2n) is 4.60. The Morgan fingerprint density at radius 2 is 1.80 bits per heavy atom. The van der Waals surface area contributed by atoms with Crippen LogP contribution in [0.15, 0.2) is 48.7 Å². The van der Waals surface area contributed by atoms with Gasteiger partial charge in [-0.2, -0.15) is 0 Å². The van der Waals surface area contributed by atoms with Crippen LogP contribution in [-0.2, 0) is 26.0 Å². The molecule has 2 aromatic carbocycles. The number of fused-ring (bicyclic) bond motifs is 2. The Morgan fingerprint density at radius 3 is 2.65 bits per heavy atom. The summed E-state index contributed by atoms with van der Waals surface area (Å²) >= 11 is 0. The zero-order chi connectivity index (χ0) is 13.0. The number of alkyl halides is 2. The molecule has 0 atom stereocenters. The zero-order valence-corrected chi connectivity index (χ0v) is 12.6. The third-order valence-electron chi connectivity index (χ3n) is 3.56. The van der Waals surface area contributed by atoms with Crippen LogP contribution in [0.25, 0.3) is 22.0 Å². The first kappa shape index (κ1) is 13.3. The van der Waals surface area contributed by atoms with E-state index in [1.54, 1.807) is 30.5 Å². The topological polar surface area (TPSA) is 12.9 Å². The van der Waals surface area contributed by atoms with E-state index in [0.717, 1.165) is 5.39 Å². The smallest absolute Gasteiger partial charge is 0.266 e. The number of hydrogen-bond acceptors (Lipinski definition) is 1. The quantitative estimate of drug-likeness (QED) is 0.475. The number of benzene rings is 2. The monoisotopic (exact) mass is 445 g/mol. The van der Waals surface area contributed by atoms with Crippen LogP contribution in [0.3, 0.4) is 0 Å². The molecule has 20 heavy (non-hydrogen) atoms. The Kier molecular flexibility index (Phi) is 2.96. The SMILES string of the molecule is FC1(F)c2ccc[c-]c2-c2nccc3cccc1c23.[Ir]. The molecule has 0 amide bonds. The molecule has 0 spiro atoms. The van der Waals surface area contributed by atoms with Crippen LogP contribution < -0.4 is 0 Å². The maximum Gasteiger partial charge on any atom is 0.266 e. The van der Waals surface area contributed by atoms with Crippen LogP contribution >= 0.6 is 0 Å². The normalized spacial score (nSPS) is 14.5. The molecular formula is C16H8F2IrN-. The summed E-state index contributed by atoms with van der Waals surface area (Å²) in [5.41, 5.74) is 1.00. The van der Waals surface area contributed by atoms with Gasteiger partial charge >= 0.3 is 0 Å². The summed E-state index contributed by atoms with van der Waals surface area (Å²) in [4.78, 5) is 4.28. The van der Waals surface area contributed by atoms with Gasteiger partial charge in [-0.15, -0.1) is 29.8 Å². The Hall–Kier alpha value is -1.64. The summed E-state index contributed by atoms with van der Waals surface area (Å²) in [5.74, 6) is -3.00. The molecule has 1 radical (unpaired) electrons. The van der Waals surface area contributed by atoms with Gasteiger partial charge in [0.15, 0.2) is 0 Å². The predicted octanol–water partition coefficient (Wildman–Crippen LogP) is 4.15. The number of hydrogen-bond donors (Lipinski definition) is 0. The molecule has 1 aliphatic carbocycles. The molecule has 0 bridgehead atoms. The molecule has 1 aliphatic rings. The van der Waals surface area contributed by atoms with Gasteiger partial charge in [0.05, 0.1) is 0 Å². The summed E-state index contributed by atoms with van der Waals surface area (Å²) in [6.45, 7) is 0. The van der Waals surface area contributed by atoms with E-state index >= 15 is 0 Å². The fraction of sp³-hybridized carbons (Fsp3) is 0.0625. The Labute approximate surface area is 128 Å². The van der Waals surface area contributed by atoms with Gasteiger partial charge in [-0.1, -0.05) is 23.8 Å². The van der Waals surface area contributed by atoms with Crippen molar-refractivity contribution >= 4 is 10.8 Å². The number of aromatic nitrogens is 1. The van der Waals surface area contributed by atoms with Gasteiger partial charge in [-0.05, 0) is 22.5 Å². The molecular weight excluding hydrogens is 436 g/mol. The molecule has 4 rings (SSSR count). The first-order valence-electron chi connectivity index (χ1n) is 5.97. The van der Waals surface area contributed by atoms with E-state index in [2.05, 4.69) is 11.1 Å². The molecule has 0 unspecified atom stereocenters. The molecule has 0 N–H and O–H groups in total. The zero-order valence-electron chi connectivity index (χ0n) is 10.2. The molecule has 3 aromatic rings. The molecule has 101 valence electrons. The summed E-state index contributed by atoms with van der Waals surface area (Å²) in [7, 11) is 0. The van der Waals surface area contributed by atoms with Gasteiger partial charge in [0.2, 0.25) is 0 Å². The maximum absolute atomic E-state index is 14.6. The largest absolute Gasteiger partial charge is 0.304 e. The van der Waals surface area contributed by atoms with Crippen molar-refractivity contribution in [1.82, 2.24) is 4.98 Å². The van der Waals surface area contributed by atoms with Crippen molar-refractivity contribution in [2.45, 2.75) is 5.92 Å². The third kappa shape index (κ3) is 1.58. The first-order chi connectivity index (χ1) is 9.19. The van der Waals surface area contributed by atoms with Crippen LogP contribution in [0.4, 0.5) is 8.78 Å². The minimum absolute atomic E-state index is 0. The second kappa shape index (κ2) is 4.44. The van der Waals surface area contributed by atoms with Crippen molar-refractivity contribution in [3.05, 3.63) is 65.9 Å². The molecule has 1 aromatic heterocycles. The first-order valence-corrected chi connectivity index (χ1v) is 5.97. The van der Waals surface area contributed by atoms with Gasteiger partial charge in [-0.3, -0.25) is 0 Å². The van der Waals surface area contributed by atoms with Crippen molar-refractivity contribution in [3.8, 4) is 11.3 Å². The molecule has 1 nitrogen and oxygen atoms in total. The maximum atomic E-state index is 14.6. The number of rotatable bonds is 0. The van der Waals surface area contributed by atoms with E-state index < -0.39 is 5.92 Å². The average molecular weight is 444 g/mol. The van der Waals surface area contributed by atoms with Crippen molar-refractivity contribution in [3.63, 3.8) is 0 Å². The van der Waals surface area contributed by atoms with Crippen molar-refractivity contribution in [2.75, 3.05) is 0 Å². The van der Waals surface area contributed by atoms with Crippen LogP contribution in [-0.4, -0.2) is 4.98 Å². The Morgan fingerprint density at radius 1 is 1.00 bits per heavy atom. The van der Waals surface area contributed by atoms with Crippen LogP contribution in [0.1, 0.15) is 11.1 Å². The molecule has 0 fully saturated rings. The van der Waals surface area contributed by atoms with Crippen LogP contribution in [0.2, 0.25) is 0 Å². The average Bonchev–Trinajstić information content (AvgIpc) is 2.45. The fourth-order valence-electron chi connectivity index (χ4n) is 2.72. The van der Waals surface area contributed by atoms with Gasteiger partial charge in [-0.25, -0.2) is 8.78 Å². The Bertz CT molecular complexity index is 809.